The molecule has 0 saturated carbocycles. The minimum absolute atomic E-state index is 0.134. The van der Waals surface area contributed by atoms with Crippen molar-refractivity contribution in [2.75, 3.05) is 0 Å². The van der Waals surface area contributed by atoms with Crippen LogP contribution in [0.5, 0.6) is 0 Å². The summed E-state index contributed by atoms with van der Waals surface area (Å²) in [6.45, 7) is 1.91. The maximum atomic E-state index is 13.0. The fraction of sp³-hybridized carbons (Fsp3) is 0.0667. The first-order chi connectivity index (χ1) is 9.56. The normalized spacial score (nSPS) is 9.90. The highest BCUT2D eigenvalue weighted by atomic mass is 19.1. The number of hydrazine groups is 1. The van der Waals surface area contributed by atoms with E-state index < -0.39 is 17.6 Å². The second-order valence-electron chi connectivity index (χ2n) is 4.28. The van der Waals surface area contributed by atoms with Gasteiger partial charge in [-0.3, -0.25) is 20.4 Å². The molecule has 2 aromatic carbocycles. The number of carbonyl (C=O) groups is 2. The Balaban J connectivity index is 1.96. The van der Waals surface area contributed by atoms with Crippen LogP contribution in [0.3, 0.4) is 0 Å². The lowest BCUT2D eigenvalue weighted by atomic mass is 10.1. The molecule has 0 aromatic heterocycles. The minimum Gasteiger partial charge on any atom is -0.267 e. The van der Waals surface area contributed by atoms with Crippen LogP contribution >= 0.6 is 0 Å². The topological polar surface area (TPSA) is 58.2 Å². The molecule has 2 rings (SSSR count). The molecule has 2 amide bonds. The summed E-state index contributed by atoms with van der Waals surface area (Å²) in [4.78, 5) is 23.5. The highest BCUT2D eigenvalue weighted by Gasteiger charge is 2.09. The number of carbonyl (C=O) groups excluding carboxylic acids is 2. The molecule has 0 atom stereocenters. The van der Waals surface area contributed by atoms with Gasteiger partial charge in [0, 0.05) is 11.1 Å². The van der Waals surface area contributed by atoms with Gasteiger partial charge < -0.3 is 0 Å². The quantitative estimate of drug-likeness (QED) is 0.823. The summed E-state index contributed by atoms with van der Waals surface area (Å²) < 4.78 is 13.0. The molecule has 2 N–H and O–H groups in total. The summed E-state index contributed by atoms with van der Waals surface area (Å²) in [5, 5.41) is 0. The second-order valence-corrected chi connectivity index (χ2v) is 4.28. The van der Waals surface area contributed by atoms with Gasteiger partial charge in [0.1, 0.15) is 5.82 Å². The highest BCUT2D eigenvalue weighted by molar-refractivity contribution is 5.99. The third kappa shape index (κ3) is 3.41. The van der Waals surface area contributed by atoms with E-state index in [0.717, 1.165) is 11.6 Å². The Hall–Kier alpha value is -2.69. The lowest BCUT2D eigenvalue weighted by molar-refractivity contribution is 0.0846. The van der Waals surface area contributed by atoms with Crippen molar-refractivity contribution < 1.29 is 14.0 Å². The van der Waals surface area contributed by atoms with E-state index >= 15 is 0 Å². The first-order valence-electron chi connectivity index (χ1n) is 5.99. The summed E-state index contributed by atoms with van der Waals surface area (Å²) in [7, 11) is 0. The predicted molar refractivity (Wildman–Crippen MR) is 72.5 cm³/mol. The van der Waals surface area contributed by atoms with Gasteiger partial charge in [-0.1, -0.05) is 23.8 Å². The van der Waals surface area contributed by atoms with E-state index in [1.165, 1.54) is 18.2 Å². The summed E-state index contributed by atoms with van der Waals surface area (Å²) in [5.74, 6) is -1.53. The Morgan fingerprint density at radius 2 is 1.50 bits per heavy atom. The van der Waals surface area contributed by atoms with Crippen molar-refractivity contribution in [3.63, 3.8) is 0 Å². The summed E-state index contributed by atoms with van der Waals surface area (Å²) >= 11 is 0. The van der Waals surface area contributed by atoms with Gasteiger partial charge in [-0.15, -0.1) is 0 Å². The van der Waals surface area contributed by atoms with Crippen molar-refractivity contribution in [2.24, 2.45) is 0 Å². The Kier molecular flexibility index (Phi) is 4.10. The predicted octanol–water partition coefficient (Wildman–Crippen LogP) is 2.21. The number of hydrogen-bond donors (Lipinski definition) is 2. The largest absolute Gasteiger partial charge is 0.269 e. The number of aryl methyl sites for hydroxylation is 1. The standard InChI is InChI=1S/C15H13FN2O2/c1-10-5-7-11(8-6-10)14(19)17-18-15(20)12-3-2-4-13(16)9-12/h2-9H,1H3,(H,17,19)(H,18,20). The number of halogens is 1. The molecule has 0 heterocycles. The molecule has 0 fully saturated rings. The van der Waals surface area contributed by atoms with E-state index in [-0.39, 0.29) is 5.56 Å². The van der Waals surface area contributed by atoms with Crippen LogP contribution < -0.4 is 10.9 Å². The van der Waals surface area contributed by atoms with Crippen molar-refractivity contribution in [3.8, 4) is 0 Å². The number of hydrogen-bond acceptors (Lipinski definition) is 2. The van der Waals surface area contributed by atoms with Gasteiger partial charge in [-0.25, -0.2) is 4.39 Å². The summed E-state index contributed by atoms with van der Waals surface area (Å²) in [5.41, 5.74) is 6.10. The van der Waals surface area contributed by atoms with Crippen LogP contribution in [0.4, 0.5) is 4.39 Å². The van der Waals surface area contributed by atoms with Gasteiger partial charge in [-0.2, -0.15) is 0 Å². The lowest BCUT2D eigenvalue weighted by Crippen LogP contribution is -2.41. The maximum absolute atomic E-state index is 13.0. The third-order valence-corrected chi connectivity index (χ3v) is 2.69. The molecule has 102 valence electrons. The molecule has 4 nitrogen and oxygen atoms in total. The second kappa shape index (κ2) is 5.97. The number of benzene rings is 2. The molecule has 0 saturated heterocycles. The monoisotopic (exact) mass is 272 g/mol. The Bertz CT molecular complexity index is 639. The zero-order valence-corrected chi connectivity index (χ0v) is 10.8. The van der Waals surface area contributed by atoms with E-state index in [1.54, 1.807) is 24.3 Å². The van der Waals surface area contributed by atoms with Gasteiger partial charge in [0.15, 0.2) is 0 Å². The lowest BCUT2D eigenvalue weighted by Gasteiger charge is -2.07. The fourth-order valence-electron chi connectivity index (χ4n) is 1.59. The Morgan fingerprint density at radius 3 is 2.10 bits per heavy atom. The van der Waals surface area contributed by atoms with Gasteiger partial charge in [0.25, 0.3) is 11.8 Å². The van der Waals surface area contributed by atoms with E-state index in [4.69, 9.17) is 0 Å². The van der Waals surface area contributed by atoms with Gasteiger partial charge in [0.05, 0.1) is 0 Å². The number of rotatable bonds is 2. The molecular weight excluding hydrogens is 259 g/mol. The number of amides is 2. The first-order valence-corrected chi connectivity index (χ1v) is 5.99. The molecule has 0 spiro atoms. The van der Waals surface area contributed by atoms with E-state index in [2.05, 4.69) is 10.9 Å². The molecule has 0 aliphatic rings. The van der Waals surface area contributed by atoms with E-state index in [1.807, 2.05) is 6.92 Å². The van der Waals surface area contributed by atoms with Crippen molar-refractivity contribution in [2.45, 2.75) is 6.92 Å². The van der Waals surface area contributed by atoms with Crippen LogP contribution in [0.25, 0.3) is 0 Å². The Labute approximate surface area is 115 Å². The molecule has 0 aliphatic carbocycles. The van der Waals surface area contributed by atoms with Crippen LogP contribution in [-0.4, -0.2) is 11.8 Å². The molecule has 0 bridgehead atoms. The van der Waals surface area contributed by atoms with Crippen LogP contribution in [0, 0.1) is 12.7 Å². The van der Waals surface area contributed by atoms with E-state index in [9.17, 15) is 14.0 Å². The van der Waals surface area contributed by atoms with E-state index in [0.29, 0.717) is 5.56 Å². The first kappa shape index (κ1) is 13.7. The SMILES string of the molecule is Cc1ccc(C(=O)NNC(=O)c2cccc(F)c2)cc1. The van der Waals surface area contributed by atoms with Gasteiger partial charge in [-0.05, 0) is 37.3 Å². The molecule has 2 aromatic rings. The fourth-order valence-corrected chi connectivity index (χ4v) is 1.59. The minimum atomic E-state index is -0.579. The Morgan fingerprint density at radius 1 is 0.900 bits per heavy atom. The van der Waals surface area contributed by atoms with Crippen molar-refractivity contribution in [3.05, 3.63) is 71.0 Å². The molecule has 0 unspecified atom stereocenters. The van der Waals surface area contributed by atoms with Crippen LogP contribution in [0.2, 0.25) is 0 Å². The van der Waals surface area contributed by atoms with Crippen molar-refractivity contribution >= 4 is 11.8 Å². The van der Waals surface area contributed by atoms with Crippen LogP contribution in [0.15, 0.2) is 48.5 Å². The zero-order valence-electron chi connectivity index (χ0n) is 10.8. The molecule has 0 aliphatic heterocycles. The van der Waals surface area contributed by atoms with Crippen LogP contribution in [-0.2, 0) is 0 Å². The van der Waals surface area contributed by atoms with Crippen molar-refractivity contribution in [1.29, 1.82) is 0 Å². The average molecular weight is 272 g/mol. The molecule has 20 heavy (non-hydrogen) atoms. The van der Waals surface area contributed by atoms with Crippen molar-refractivity contribution in [1.82, 2.24) is 10.9 Å². The molecule has 0 radical (unpaired) electrons. The summed E-state index contributed by atoms with van der Waals surface area (Å²) in [6.07, 6.45) is 0. The molecule has 5 heteroatoms. The zero-order chi connectivity index (χ0) is 14.5. The molecular formula is C15H13FN2O2. The average Bonchev–Trinajstić information content (AvgIpc) is 2.45. The number of nitrogens with one attached hydrogen (secondary N) is 2. The van der Waals surface area contributed by atoms with Gasteiger partial charge in [0.2, 0.25) is 0 Å². The highest BCUT2D eigenvalue weighted by Crippen LogP contribution is 2.04. The third-order valence-electron chi connectivity index (χ3n) is 2.69. The van der Waals surface area contributed by atoms with Gasteiger partial charge >= 0.3 is 0 Å². The maximum Gasteiger partial charge on any atom is 0.269 e. The summed E-state index contributed by atoms with van der Waals surface area (Å²) in [6, 6.07) is 12.1. The van der Waals surface area contributed by atoms with Crippen LogP contribution in [0.1, 0.15) is 26.3 Å². The smallest absolute Gasteiger partial charge is 0.267 e.